The molecule has 0 unspecified atom stereocenters. The molecule has 5 aromatic rings. The highest BCUT2D eigenvalue weighted by atomic mass is 16.3. The fourth-order valence-electron chi connectivity index (χ4n) is 5.13. The van der Waals surface area contributed by atoms with Crippen molar-refractivity contribution < 1.29 is 9.21 Å². The van der Waals surface area contributed by atoms with E-state index in [2.05, 4.69) is 44.0 Å². The van der Waals surface area contributed by atoms with E-state index in [0.717, 1.165) is 48.1 Å². The van der Waals surface area contributed by atoms with Crippen LogP contribution in [0.1, 0.15) is 49.5 Å². The summed E-state index contributed by atoms with van der Waals surface area (Å²) in [6.45, 7) is 3.51. The molecule has 5 rings (SSSR count). The highest BCUT2D eigenvalue weighted by Crippen LogP contribution is 2.25. The zero-order valence-electron chi connectivity index (χ0n) is 26.1. The molecule has 46 heavy (non-hydrogen) atoms. The van der Waals surface area contributed by atoms with E-state index in [0.29, 0.717) is 42.8 Å². The molecule has 0 radical (unpaired) electrons. The van der Waals surface area contributed by atoms with Gasteiger partial charge in [-0.05, 0) is 49.1 Å². The first-order valence-corrected chi connectivity index (χ1v) is 15.4. The molecule has 236 valence electrons. The van der Waals surface area contributed by atoms with Crippen molar-refractivity contribution in [1.29, 1.82) is 5.26 Å². The Balaban J connectivity index is 1.27. The number of pyridine rings is 1. The van der Waals surface area contributed by atoms with Gasteiger partial charge in [-0.1, -0.05) is 43.7 Å². The Labute approximate surface area is 268 Å². The van der Waals surface area contributed by atoms with Gasteiger partial charge < -0.3 is 20.4 Å². The Kier molecular flexibility index (Phi) is 10.9. The van der Waals surface area contributed by atoms with Crippen molar-refractivity contribution in [1.82, 2.24) is 30.0 Å². The third kappa shape index (κ3) is 8.47. The van der Waals surface area contributed by atoms with E-state index in [4.69, 9.17) is 9.40 Å². The molecule has 0 aliphatic heterocycles. The molecular weight excluding hydrogens is 580 g/mol. The van der Waals surface area contributed by atoms with Crippen LogP contribution >= 0.6 is 0 Å². The van der Waals surface area contributed by atoms with Gasteiger partial charge in [0.05, 0.1) is 25.2 Å². The number of anilines is 3. The number of aromatic nitrogens is 5. The van der Waals surface area contributed by atoms with Crippen LogP contribution in [0.2, 0.25) is 0 Å². The molecule has 4 heterocycles. The number of furan rings is 1. The molecule has 1 aromatic carbocycles. The third-order valence-electron chi connectivity index (χ3n) is 7.44. The second kappa shape index (κ2) is 15.9. The molecule has 0 bridgehead atoms. The Morgan fingerprint density at radius 2 is 1.87 bits per heavy atom. The number of carbonyl (C=O) groups is 1. The maximum Gasteiger partial charge on any atom is 0.323 e. The Morgan fingerprint density at radius 3 is 2.57 bits per heavy atom. The number of amides is 2. The monoisotopic (exact) mass is 618 g/mol. The topological polar surface area (TPSA) is 150 Å². The van der Waals surface area contributed by atoms with Crippen LogP contribution in [0.15, 0.2) is 90.1 Å². The van der Waals surface area contributed by atoms with Crippen molar-refractivity contribution in [2.45, 2.75) is 51.7 Å². The second-order valence-corrected chi connectivity index (χ2v) is 10.8. The molecule has 0 spiro atoms. The first-order chi connectivity index (χ1) is 22.5. The molecule has 1 atom stereocenters. The fourth-order valence-corrected chi connectivity index (χ4v) is 5.13. The number of benzene rings is 1. The lowest BCUT2D eigenvalue weighted by atomic mass is 10.0. The van der Waals surface area contributed by atoms with Crippen LogP contribution < -0.4 is 20.9 Å². The lowest BCUT2D eigenvalue weighted by molar-refractivity contribution is 0.242. The predicted octanol–water partition coefficient (Wildman–Crippen LogP) is 6.13. The largest absolute Gasteiger partial charge is 0.467 e. The van der Waals surface area contributed by atoms with Gasteiger partial charge in [-0.15, -0.1) is 0 Å². The third-order valence-corrected chi connectivity index (χ3v) is 7.44. The first kappa shape index (κ1) is 31.7. The lowest BCUT2D eigenvalue weighted by Gasteiger charge is -2.31. The number of carbonyl (C=O) groups excluding carboxylic acids is 1. The van der Waals surface area contributed by atoms with Crippen LogP contribution in [0.4, 0.5) is 22.4 Å². The van der Waals surface area contributed by atoms with Crippen molar-refractivity contribution in [2.24, 2.45) is 7.05 Å². The average molecular weight is 619 g/mol. The SMILES string of the molecule is CCC[C@@H](CCCNc1ncc(C#N)c(NCc2ccco2)n1)N(C(=O)NCc1ccccc1)c1ccc(-c2cnn(C)c2)cn1. The van der Waals surface area contributed by atoms with Crippen LogP contribution in [0.3, 0.4) is 0 Å². The van der Waals surface area contributed by atoms with Crippen LogP contribution in [-0.4, -0.2) is 43.4 Å². The van der Waals surface area contributed by atoms with Gasteiger partial charge in [0.25, 0.3) is 0 Å². The molecule has 0 fully saturated rings. The van der Waals surface area contributed by atoms with Crippen molar-refractivity contribution in [2.75, 3.05) is 22.1 Å². The Morgan fingerprint density at radius 1 is 1.00 bits per heavy atom. The van der Waals surface area contributed by atoms with Crippen molar-refractivity contribution in [3.63, 3.8) is 0 Å². The number of nitrogens with zero attached hydrogens (tertiary/aromatic N) is 7. The molecule has 0 saturated carbocycles. The number of hydrogen-bond donors (Lipinski definition) is 3. The fraction of sp³-hybridized carbons (Fsp3) is 0.294. The van der Waals surface area contributed by atoms with E-state index in [1.165, 1.54) is 6.20 Å². The number of hydrogen-bond acceptors (Lipinski definition) is 9. The van der Waals surface area contributed by atoms with Gasteiger partial charge in [-0.3, -0.25) is 9.58 Å². The number of rotatable bonds is 15. The predicted molar refractivity (Wildman–Crippen MR) is 177 cm³/mol. The summed E-state index contributed by atoms with van der Waals surface area (Å²) in [7, 11) is 1.88. The summed E-state index contributed by atoms with van der Waals surface area (Å²) in [5, 5.41) is 23.3. The van der Waals surface area contributed by atoms with E-state index in [-0.39, 0.29) is 12.1 Å². The summed E-state index contributed by atoms with van der Waals surface area (Å²) in [4.78, 5) is 29.1. The smallest absolute Gasteiger partial charge is 0.323 e. The molecule has 12 heteroatoms. The molecule has 3 N–H and O–H groups in total. The summed E-state index contributed by atoms with van der Waals surface area (Å²) in [5.41, 5.74) is 3.26. The van der Waals surface area contributed by atoms with Gasteiger partial charge in [0.15, 0.2) is 0 Å². The minimum Gasteiger partial charge on any atom is -0.467 e. The van der Waals surface area contributed by atoms with Gasteiger partial charge in [-0.2, -0.15) is 15.3 Å². The molecule has 0 aliphatic carbocycles. The maximum atomic E-state index is 13.8. The molecule has 0 saturated heterocycles. The zero-order valence-corrected chi connectivity index (χ0v) is 26.1. The van der Waals surface area contributed by atoms with E-state index >= 15 is 0 Å². The van der Waals surface area contributed by atoms with E-state index in [1.54, 1.807) is 28.2 Å². The first-order valence-electron chi connectivity index (χ1n) is 15.4. The number of nitriles is 1. The van der Waals surface area contributed by atoms with E-state index in [1.807, 2.05) is 67.8 Å². The molecule has 12 nitrogen and oxygen atoms in total. The van der Waals surface area contributed by atoms with Crippen LogP contribution in [-0.2, 0) is 20.1 Å². The minimum absolute atomic E-state index is 0.0910. The number of nitrogens with one attached hydrogen (secondary N) is 3. The number of urea groups is 1. The molecular formula is C34H38N10O2. The average Bonchev–Trinajstić information content (AvgIpc) is 3.78. The van der Waals surface area contributed by atoms with Gasteiger partial charge in [0, 0.05) is 49.7 Å². The lowest BCUT2D eigenvalue weighted by Crippen LogP contribution is -2.47. The van der Waals surface area contributed by atoms with Crippen molar-refractivity contribution in [3.8, 4) is 17.2 Å². The highest BCUT2D eigenvalue weighted by Gasteiger charge is 2.26. The molecule has 4 aromatic heterocycles. The molecule has 0 aliphatic rings. The second-order valence-electron chi connectivity index (χ2n) is 10.8. The summed E-state index contributed by atoms with van der Waals surface area (Å²) >= 11 is 0. The van der Waals surface area contributed by atoms with Gasteiger partial charge in [0.1, 0.15) is 29.0 Å². The van der Waals surface area contributed by atoms with Crippen LogP contribution in [0, 0.1) is 11.3 Å². The zero-order chi connectivity index (χ0) is 32.1. The maximum absolute atomic E-state index is 13.8. The van der Waals surface area contributed by atoms with Gasteiger partial charge in [-0.25, -0.2) is 14.8 Å². The quantitative estimate of drug-likeness (QED) is 0.118. The van der Waals surface area contributed by atoms with E-state index < -0.39 is 0 Å². The summed E-state index contributed by atoms with van der Waals surface area (Å²) < 4.78 is 7.12. The van der Waals surface area contributed by atoms with Crippen LogP contribution in [0.5, 0.6) is 0 Å². The Bertz CT molecular complexity index is 1710. The van der Waals surface area contributed by atoms with Gasteiger partial charge in [0.2, 0.25) is 5.95 Å². The summed E-state index contributed by atoms with van der Waals surface area (Å²) in [5.74, 6) is 2.17. The number of aryl methyl sites for hydroxylation is 1. The highest BCUT2D eigenvalue weighted by molar-refractivity contribution is 5.91. The van der Waals surface area contributed by atoms with Crippen molar-refractivity contribution in [3.05, 3.63) is 103 Å². The summed E-state index contributed by atoms with van der Waals surface area (Å²) in [6, 6.07) is 19.2. The minimum atomic E-state index is -0.195. The molecule has 2 amide bonds. The standard InChI is InChI=1S/C34H38N10O2/c1-3-9-29(12-7-16-36-33-39-21-27(18-35)32(42-33)38-23-30-13-8-17-46-30)44(34(45)40-19-25-10-5-4-6-11-25)31-15-14-26(20-37-31)28-22-41-43(2)24-28/h4-6,8,10-11,13-15,17,20-22,24,29H,3,7,9,12,16,19,23H2,1-2H3,(H,40,45)(H2,36,38,39,42)/t29-/m0/s1. The van der Waals surface area contributed by atoms with E-state index in [9.17, 15) is 10.1 Å². The summed E-state index contributed by atoms with van der Waals surface area (Å²) in [6.07, 6.45) is 11.8. The van der Waals surface area contributed by atoms with Crippen LogP contribution in [0.25, 0.3) is 11.1 Å². The van der Waals surface area contributed by atoms with Gasteiger partial charge >= 0.3 is 6.03 Å². The van der Waals surface area contributed by atoms with Crippen molar-refractivity contribution >= 4 is 23.6 Å². The normalized spacial score (nSPS) is 11.4. The Hall–Kier alpha value is -5.70.